The van der Waals surface area contributed by atoms with Crippen LogP contribution in [-0.2, 0) is 16.8 Å². The normalized spacial score (nSPS) is 16.3. The first kappa shape index (κ1) is 23.2. The maximum Gasteiger partial charge on any atom is 0.259 e. The summed E-state index contributed by atoms with van der Waals surface area (Å²) in [5, 5.41) is 10.5. The Morgan fingerprint density at radius 1 is 1.11 bits per heavy atom. The maximum atomic E-state index is 13.3. The molecular weight excluding hydrogens is 466 g/mol. The summed E-state index contributed by atoms with van der Waals surface area (Å²) in [6, 6.07) is 13.3. The number of carbonyl (C=O) groups excluding carboxylic acids is 2. The third-order valence-electron chi connectivity index (χ3n) is 7.27. The number of H-pyrrole nitrogens is 1. The van der Waals surface area contributed by atoms with Gasteiger partial charge in [-0.1, -0.05) is 19.9 Å². The van der Waals surface area contributed by atoms with Gasteiger partial charge in [0.05, 0.1) is 11.5 Å². The number of rotatable bonds is 6. The molecular formula is C28H29N7O2. The molecule has 1 fully saturated rings. The van der Waals surface area contributed by atoms with E-state index in [0.717, 1.165) is 27.8 Å². The molecule has 4 aromatic rings. The summed E-state index contributed by atoms with van der Waals surface area (Å²) < 4.78 is 0. The number of pyridine rings is 2. The molecule has 0 aliphatic carbocycles. The summed E-state index contributed by atoms with van der Waals surface area (Å²) >= 11 is 0. The second kappa shape index (κ2) is 9.01. The van der Waals surface area contributed by atoms with Crippen molar-refractivity contribution in [3.63, 3.8) is 0 Å². The molecule has 0 radical (unpaired) electrons. The number of benzene rings is 1. The number of nitrogens with zero attached hydrogens (tertiary/aromatic N) is 3. The van der Waals surface area contributed by atoms with E-state index in [4.69, 9.17) is 0 Å². The van der Waals surface area contributed by atoms with E-state index in [1.807, 2.05) is 41.4 Å². The van der Waals surface area contributed by atoms with Crippen molar-refractivity contribution in [2.24, 2.45) is 5.92 Å². The maximum absolute atomic E-state index is 13.3. The first-order valence-corrected chi connectivity index (χ1v) is 12.5. The minimum absolute atomic E-state index is 0.0110. The molecule has 2 aliphatic rings. The summed E-state index contributed by atoms with van der Waals surface area (Å²) in [5.41, 5.74) is 4.79. The van der Waals surface area contributed by atoms with Crippen molar-refractivity contribution >= 4 is 40.0 Å². The highest BCUT2D eigenvalue weighted by atomic mass is 16.2. The number of anilines is 3. The van der Waals surface area contributed by atoms with Gasteiger partial charge in [0, 0.05) is 66.9 Å². The number of aromatic nitrogens is 3. The van der Waals surface area contributed by atoms with Crippen molar-refractivity contribution in [2.45, 2.75) is 25.8 Å². The Hall–Kier alpha value is -4.24. The van der Waals surface area contributed by atoms with Crippen LogP contribution in [0.15, 0.2) is 61.1 Å². The molecule has 9 heteroatoms. The molecule has 37 heavy (non-hydrogen) atoms. The van der Waals surface area contributed by atoms with Gasteiger partial charge >= 0.3 is 0 Å². The lowest BCUT2D eigenvalue weighted by Gasteiger charge is -2.31. The van der Waals surface area contributed by atoms with Crippen molar-refractivity contribution in [1.82, 2.24) is 20.3 Å². The van der Waals surface area contributed by atoms with E-state index in [2.05, 4.69) is 44.7 Å². The molecule has 0 atom stereocenters. The number of amides is 2. The summed E-state index contributed by atoms with van der Waals surface area (Å²) in [6.07, 6.45) is 5.27. The van der Waals surface area contributed by atoms with Crippen molar-refractivity contribution in [3.05, 3.63) is 77.7 Å². The SMILES string of the molecule is CC1(C)CN(C(=O)C2CNC2)c2cc(NC(=O)c3cccnc3NCc3ccnc4[nH]ccc34)ccc21. The molecule has 5 heterocycles. The highest BCUT2D eigenvalue weighted by Gasteiger charge is 2.41. The lowest BCUT2D eigenvalue weighted by Crippen LogP contribution is -2.52. The average Bonchev–Trinajstić information content (AvgIpc) is 3.44. The Morgan fingerprint density at radius 3 is 2.78 bits per heavy atom. The molecule has 4 N–H and O–H groups in total. The van der Waals surface area contributed by atoms with Gasteiger partial charge in [-0.25, -0.2) is 9.97 Å². The molecule has 6 rings (SSSR count). The zero-order chi connectivity index (χ0) is 25.6. The predicted molar refractivity (Wildman–Crippen MR) is 144 cm³/mol. The van der Waals surface area contributed by atoms with E-state index in [1.165, 1.54) is 0 Å². The fourth-order valence-corrected chi connectivity index (χ4v) is 5.13. The molecule has 0 unspecified atom stereocenters. The highest BCUT2D eigenvalue weighted by molar-refractivity contribution is 6.08. The van der Waals surface area contributed by atoms with Crippen LogP contribution in [0.5, 0.6) is 0 Å². The number of aromatic amines is 1. The first-order valence-electron chi connectivity index (χ1n) is 12.5. The zero-order valence-corrected chi connectivity index (χ0v) is 20.8. The predicted octanol–water partition coefficient (Wildman–Crippen LogP) is 3.67. The monoisotopic (exact) mass is 495 g/mol. The van der Waals surface area contributed by atoms with Gasteiger partial charge in [-0.2, -0.15) is 0 Å². The van der Waals surface area contributed by atoms with Crippen LogP contribution in [0.3, 0.4) is 0 Å². The third-order valence-corrected chi connectivity index (χ3v) is 7.27. The fourth-order valence-electron chi connectivity index (χ4n) is 5.13. The Kier molecular flexibility index (Phi) is 5.64. The summed E-state index contributed by atoms with van der Waals surface area (Å²) in [4.78, 5) is 40.2. The van der Waals surface area contributed by atoms with Gasteiger partial charge in [0.1, 0.15) is 11.5 Å². The average molecular weight is 496 g/mol. The smallest absolute Gasteiger partial charge is 0.259 e. The minimum Gasteiger partial charge on any atom is -0.365 e. The largest absolute Gasteiger partial charge is 0.365 e. The van der Waals surface area contributed by atoms with E-state index in [9.17, 15) is 9.59 Å². The lowest BCUT2D eigenvalue weighted by molar-refractivity contribution is -0.123. The molecule has 188 valence electrons. The Labute approximate surface area is 214 Å². The fraction of sp³-hybridized carbons (Fsp3) is 0.286. The molecule has 1 aromatic carbocycles. The Balaban J connectivity index is 1.22. The van der Waals surface area contributed by atoms with E-state index >= 15 is 0 Å². The van der Waals surface area contributed by atoms with Gasteiger partial charge in [0.2, 0.25) is 5.91 Å². The molecule has 0 spiro atoms. The number of carbonyl (C=O) groups is 2. The second-order valence-electron chi connectivity index (χ2n) is 10.3. The summed E-state index contributed by atoms with van der Waals surface area (Å²) in [6.45, 7) is 6.85. The molecule has 0 saturated carbocycles. The minimum atomic E-state index is -0.268. The number of hydrogen-bond acceptors (Lipinski definition) is 6. The molecule has 2 aliphatic heterocycles. The molecule has 2 amide bonds. The van der Waals surface area contributed by atoms with Crippen LogP contribution >= 0.6 is 0 Å². The summed E-state index contributed by atoms with van der Waals surface area (Å²) in [7, 11) is 0. The number of fused-ring (bicyclic) bond motifs is 2. The van der Waals surface area contributed by atoms with Gasteiger partial charge in [-0.15, -0.1) is 0 Å². The van der Waals surface area contributed by atoms with Gasteiger partial charge < -0.3 is 25.8 Å². The van der Waals surface area contributed by atoms with Crippen LogP contribution in [0.1, 0.15) is 35.3 Å². The number of nitrogens with one attached hydrogen (secondary N) is 4. The second-order valence-corrected chi connectivity index (χ2v) is 10.3. The molecule has 0 bridgehead atoms. The Bertz CT molecular complexity index is 1510. The first-order chi connectivity index (χ1) is 17.9. The summed E-state index contributed by atoms with van der Waals surface area (Å²) in [5.74, 6) is 0.379. The highest BCUT2D eigenvalue weighted by Crippen LogP contribution is 2.42. The topological polar surface area (TPSA) is 115 Å². The van der Waals surface area contributed by atoms with Crippen LogP contribution in [0, 0.1) is 5.92 Å². The van der Waals surface area contributed by atoms with Gasteiger partial charge in [-0.05, 0) is 47.5 Å². The molecule has 3 aromatic heterocycles. The van der Waals surface area contributed by atoms with E-state index in [-0.39, 0.29) is 23.1 Å². The third kappa shape index (κ3) is 4.21. The molecule has 9 nitrogen and oxygen atoms in total. The van der Waals surface area contributed by atoms with Crippen molar-refractivity contribution in [2.75, 3.05) is 35.2 Å². The van der Waals surface area contributed by atoms with Crippen LogP contribution in [0.25, 0.3) is 11.0 Å². The lowest BCUT2D eigenvalue weighted by atomic mass is 9.87. The van der Waals surface area contributed by atoms with Crippen LogP contribution < -0.4 is 20.9 Å². The van der Waals surface area contributed by atoms with E-state index in [0.29, 0.717) is 43.2 Å². The molecule has 1 saturated heterocycles. The van der Waals surface area contributed by atoms with Crippen molar-refractivity contribution in [1.29, 1.82) is 0 Å². The van der Waals surface area contributed by atoms with Gasteiger partial charge in [0.15, 0.2) is 0 Å². The van der Waals surface area contributed by atoms with Crippen molar-refractivity contribution < 1.29 is 9.59 Å². The van der Waals surface area contributed by atoms with Gasteiger partial charge in [-0.3, -0.25) is 9.59 Å². The van der Waals surface area contributed by atoms with E-state index in [1.54, 1.807) is 24.5 Å². The van der Waals surface area contributed by atoms with E-state index < -0.39 is 0 Å². The van der Waals surface area contributed by atoms with Crippen LogP contribution in [0.4, 0.5) is 17.2 Å². The van der Waals surface area contributed by atoms with Crippen LogP contribution in [-0.4, -0.2) is 46.4 Å². The van der Waals surface area contributed by atoms with Crippen LogP contribution in [0.2, 0.25) is 0 Å². The zero-order valence-electron chi connectivity index (χ0n) is 20.8. The standard InChI is InChI=1S/C28H29N7O2/c1-28(2)16-35(27(37)18-13-29-14-18)23-12-19(5-6-22(23)28)34-26(36)21-4-3-9-30-25(21)33-15-17-7-10-31-24-20(17)8-11-32-24/h3-12,18,29H,13-16H2,1-2H3,(H,30,33)(H,31,32)(H,34,36). The number of hydrogen-bond donors (Lipinski definition) is 4. The quantitative estimate of drug-likeness (QED) is 0.325. The van der Waals surface area contributed by atoms with Gasteiger partial charge in [0.25, 0.3) is 5.91 Å². The van der Waals surface area contributed by atoms with Crippen molar-refractivity contribution in [3.8, 4) is 0 Å². The Morgan fingerprint density at radius 2 is 1.97 bits per heavy atom.